The summed E-state index contributed by atoms with van der Waals surface area (Å²) in [6, 6.07) is 7.62. The van der Waals surface area contributed by atoms with E-state index in [1.165, 1.54) is 5.56 Å². The van der Waals surface area contributed by atoms with E-state index in [9.17, 15) is 4.57 Å². The maximum atomic E-state index is 10.4. The van der Waals surface area contributed by atoms with Crippen LogP contribution in [-0.4, -0.2) is 4.89 Å². The van der Waals surface area contributed by atoms with Crippen molar-refractivity contribution in [2.75, 3.05) is 0 Å². The van der Waals surface area contributed by atoms with Crippen LogP contribution in [0.2, 0.25) is 0 Å². The normalized spacial score (nSPS) is 11.3. The van der Waals surface area contributed by atoms with E-state index in [0.29, 0.717) is 0 Å². The Morgan fingerprint density at radius 3 is 2.36 bits per heavy atom. The first-order valence-corrected chi connectivity index (χ1v) is 4.77. The van der Waals surface area contributed by atoms with Gasteiger partial charge in [-0.2, -0.15) is 4.89 Å². The lowest BCUT2D eigenvalue weighted by molar-refractivity contribution is 0.502. The lowest BCUT2D eigenvalue weighted by Crippen LogP contribution is -1.79. The van der Waals surface area contributed by atoms with Crippen molar-refractivity contribution in [1.82, 2.24) is 0 Å². The van der Waals surface area contributed by atoms with Crippen LogP contribution in [0.4, 0.5) is 0 Å². The zero-order chi connectivity index (χ0) is 8.27. The molecule has 0 aliphatic heterocycles. The third kappa shape index (κ3) is 2.79. The van der Waals surface area contributed by atoms with Crippen LogP contribution in [0.25, 0.3) is 0 Å². The van der Waals surface area contributed by atoms with Crippen LogP contribution < -0.4 is 0 Å². The fraction of sp³-hybridized carbons (Fsp3) is 0.250. The third-order valence-corrected chi connectivity index (χ3v) is 2.07. The summed E-state index contributed by atoms with van der Waals surface area (Å²) in [5.74, 6) is 0. The fourth-order valence-electron chi connectivity index (χ4n) is 0.850. The fourth-order valence-corrected chi connectivity index (χ4v) is 1.37. The van der Waals surface area contributed by atoms with Crippen molar-refractivity contribution in [3.05, 3.63) is 35.4 Å². The van der Waals surface area contributed by atoms with Crippen molar-refractivity contribution >= 4 is 8.03 Å². The minimum Gasteiger partial charge on any atom is -0.160 e. The van der Waals surface area contributed by atoms with Crippen LogP contribution >= 0.6 is 8.03 Å². The van der Waals surface area contributed by atoms with Crippen LogP contribution in [-0.2, 0) is 10.7 Å². The van der Waals surface area contributed by atoms with Crippen LogP contribution in [0, 0.1) is 6.92 Å². The van der Waals surface area contributed by atoms with Gasteiger partial charge < -0.3 is 0 Å². The molecule has 0 radical (unpaired) electrons. The smallest absolute Gasteiger partial charge is 0.160 e. The highest BCUT2D eigenvalue weighted by Gasteiger charge is 2.10. The molecule has 0 spiro atoms. The second-order valence-corrected chi connectivity index (χ2v) is 3.52. The Balaban J connectivity index is 2.74. The molecule has 1 aromatic rings. The largest absolute Gasteiger partial charge is 0.510 e. The van der Waals surface area contributed by atoms with E-state index in [2.05, 4.69) is 0 Å². The molecule has 1 rings (SSSR count). The Hall–Kier alpha value is -0.720. The lowest BCUT2D eigenvalue weighted by Gasteiger charge is -1.91. The molecule has 1 N–H and O–H groups in total. The summed E-state index contributed by atoms with van der Waals surface area (Å²) in [7, 11) is -2.04. The summed E-state index contributed by atoms with van der Waals surface area (Å²) in [6.45, 7) is 1.99. The van der Waals surface area contributed by atoms with Gasteiger partial charge in [0.25, 0.3) is 0 Å². The highest BCUT2D eigenvalue weighted by molar-refractivity contribution is 7.37. The summed E-state index contributed by atoms with van der Waals surface area (Å²) in [6.07, 6.45) is 0.260. The molecule has 11 heavy (non-hydrogen) atoms. The van der Waals surface area contributed by atoms with Gasteiger partial charge >= 0.3 is 8.03 Å². The maximum absolute atomic E-state index is 10.4. The predicted octanol–water partition coefficient (Wildman–Crippen LogP) is 2.23. The van der Waals surface area contributed by atoms with E-state index in [1.54, 1.807) is 0 Å². The predicted molar refractivity (Wildman–Crippen MR) is 44.7 cm³/mol. The minimum atomic E-state index is -2.04. The van der Waals surface area contributed by atoms with Crippen LogP contribution in [0.3, 0.4) is 0 Å². The Kier molecular flexibility index (Phi) is 2.75. The number of hydrogen-bond donors (Lipinski definition) is 1. The molecule has 0 heterocycles. The summed E-state index contributed by atoms with van der Waals surface area (Å²) in [5, 5.41) is 0. The standard InChI is InChI=1S/C8H9O2P/c1-7-2-4-8(5-3-7)6-11(9)10/h2-5H,6H2,1H3/p+1. The Morgan fingerprint density at radius 2 is 1.91 bits per heavy atom. The van der Waals surface area contributed by atoms with Gasteiger partial charge in [-0.3, -0.25) is 0 Å². The number of aryl methyl sites for hydroxylation is 1. The SMILES string of the molecule is Cc1ccc(C[P+](=O)O)cc1. The Morgan fingerprint density at radius 1 is 1.36 bits per heavy atom. The van der Waals surface area contributed by atoms with Crippen molar-refractivity contribution in [3.8, 4) is 0 Å². The van der Waals surface area contributed by atoms with Gasteiger partial charge in [0.05, 0.1) is 0 Å². The van der Waals surface area contributed by atoms with Gasteiger partial charge in [0, 0.05) is 5.56 Å². The van der Waals surface area contributed by atoms with Crippen molar-refractivity contribution in [2.45, 2.75) is 13.1 Å². The van der Waals surface area contributed by atoms with E-state index in [1.807, 2.05) is 31.2 Å². The average Bonchev–Trinajstić information content (AvgIpc) is 1.93. The molecule has 0 aromatic heterocycles. The lowest BCUT2D eigenvalue weighted by atomic mass is 10.2. The van der Waals surface area contributed by atoms with Crippen LogP contribution in [0.15, 0.2) is 24.3 Å². The summed E-state index contributed by atoms with van der Waals surface area (Å²) < 4.78 is 10.4. The maximum Gasteiger partial charge on any atom is 0.510 e. The first kappa shape index (κ1) is 8.38. The monoisotopic (exact) mass is 169 g/mol. The Bertz CT molecular complexity index is 253. The van der Waals surface area contributed by atoms with E-state index in [0.717, 1.165) is 5.56 Å². The van der Waals surface area contributed by atoms with Gasteiger partial charge in [0.1, 0.15) is 0 Å². The van der Waals surface area contributed by atoms with Gasteiger partial charge in [-0.25, -0.2) is 0 Å². The quantitative estimate of drug-likeness (QED) is 0.689. The molecular weight excluding hydrogens is 159 g/mol. The summed E-state index contributed by atoms with van der Waals surface area (Å²) in [5.41, 5.74) is 2.08. The number of rotatable bonds is 2. The van der Waals surface area contributed by atoms with Crippen LogP contribution in [0.5, 0.6) is 0 Å². The molecule has 1 aromatic carbocycles. The van der Waals surface area contributed by atoms with Gasteiger partial charge in [-0.1, -0.05) is 29.8 Å². The molecule has 0 aliphatic rings. The highest BCUT2D eigenvalue weighted by atomic mass is 31.1. The van der Waals surface area contributed by atoms with Crippen molar-refractivity contribution < 1.29 is 9.46 Å². The molecule has 0 fully saturated rings. The molecule has 0 saturated carbocycles. The highest BCUT2D eigenvalue weighted by Crippen LogP contribution is 2.20. The topological polar surface area (TPSA) is 37.3 Å². The van der Waals surface area contributed by atoms with Crippen molar-refractivity contribution in [3.63, 3.8) is 0 Å². The molecule has 2 nitrogen and oxygen atoms in total. The van der Waals surface area contributed by atoms with Crippen molar-refractivity contribution in [2.24, 2.45) is 0 Å². The molecular formula is C8H10O2P+. The Labute approximate surface area is 66.7 Å². The first-order valence-electron chi connectivity index (χ1n) is 3.37. The second-order valence-electron chi connectivity index (χ2n) is 2.50. The molecule has 58 valence electrons. The number of hydrogen-bond acceptors (Lipinski definition) is 1. The van der Waals surface area contributed by atoms with Crippen molar-refractivity contribution in [1.29, 1.82) is 0 Å². The third-order valence-electron chi connectivity index (χ3n) is 1.44. The molecule has 0 bridgehead atoms. The van der Waals surface area contributed by atoms with E-state index < -0.39 is 8.03 Å². The van der Waals surface area contributed by atoms with Gasteiger partial charge in [-0.05, 0) is 11.5 Å². The number of benzene rings is 1. The van der Waals surface area contributed by atoms with E-state index >= 15 is 0 Å². The zero-order valence-electron chi connectivity index (χ0n) is 6.32. The summed E-state index contributed by atoms with van der Waals surface area (Å²) >= 11 is 0. The van der Waals surface area contributed by atoms with E-state index in [-0.39, 0.29) is 6.16 Å². The minimum absolute atomic E-state index is 0.260. The van der Waals surface area contributed by atoms with Gasteiger partial charge in [-0.15, -0.1) is 0 Å². The molecule has 0 amide bonds. The molecule has 0 saturated heterocycles. The van der Waals surface area contributed by atoms with Gasteiger partial charge in [0.2, 0.25) is 6.16 Å². The molecule has 1 unspecified atom stereocenters. The molecule has 3 heteroatoms. The second kappa shape index (κ2) is 3.61. The average molecular weight is 169 g/mol. The molecule has 1 atom stereocenters. The molecule has 0 aliphatic carbocycles. The van der Waals surface area contributed by atoms with E-state index in [4.69, 9.17) is 4.89 Å². The van der Waals surface area contributed by atoms with Gasteiger partial charge in [0.15, 0.2) is 0 Å². The van der Waals surface area contributed by atoms with Crippen LogP contribution in [0.1, 0.15) is 11.1 Å². The first-order chi connectivity index (χ1) is 5.18. The summed E-state index contributed by atoms with van der Waals surface area (Å²) in [4.78, 5) is 8.58. The zero-order valence-corrected chi connectivity index (χ0v) is 7.21.